The normalized spacial score (nSPS) is 14.7. The molecule has 0 radical (unpaired) electrons. The zero-order chi connectivity index (χ0) is 11.6. The molecule has 2 N–H and O–H groups in total. The van der Waals surface area contributed by atoms with Crippen LogP contribution in [0.5, 0.6) is 0 Å². The Bertz CT molecular complexity index is 385. The molecule has 0 spiro atoms. The average Bonchev–Trinajstić information content (AvgIpc) is 2.09. The molecule has 82 valence electrons. The van der Waals surface area contributed by atoms with E-state index in [9.17, 15) is 14.3 Å². The lowest BCUT2D eigenvalue weighted by atomic mass is 9.94. The minimum absolute atomic E-state index is 0.0333. The fourth-order valence-corrected chi connectivity index (χ4v) is 1.30. The molecule has 0 saturated carbocycles. The predicted octanol–water partition coefficient (Wildman–Crippen LogP) is 1.51. The van der Waals surface area contributed by atoms with E-state index in [-0.39, 0.29) is 12.2 Å². The maximum atomic E-state index is 12.8. The van der Waals surface area contributed by atoms with Crippen molar-refractivity contribution in [2.75, 3.05) is 0 Å². The Labute approximate surface area is 87.2 Å². The van der Waals surface area contributed by atoms with Gasteiger partial charge in [-0.15, -0.1) is 0 Å². The molecule has 0 amide bonds. The Morgan fingerprint density at radius 1 is 1.53 bits per heavy atom. The van der Waals surface area contributed by atoms with Crippen LogP contribution in [0.2, 0.25) is 0 Å². The topological polar surface area (TPSA) is 57.5 Å². The molecular formula is C11H13FO3. The van der Waals surface area contributed by atoms with E-state index in [1.54, 1.807) is 6.92 Å². The van der Waals surface area contributed by atoms with Crippen molar-refractivity contribution in [2.45, 2.75) is 25.9 Å². The molecule has 0 aliphatic heterocycles. The van der Waals surface area contributed by atoms with Gasteiger partial charge in [-0.3, -0.25) is 0 Å². The summed E-state index contributed by atoms with van der Waals surface area (Å²) in [5, 5.41) is 18.3. The average molecular weight is 212 g/mol. The number of carboxylic acid groups (broad SMARTS) is 1. The van der Waals surface area contributed by atoms with E-state index < -0.39 is 11.6 Å². The summed E-state index contributed by atoms with van der Waals surface area (Å²) < 4.78 is 12.8. The fraction of sp³-hybridized carbons (Fsp3) is 0.364. The third-order valence-electron chi connectivity index (χ3n) is 2.30. The molecule has 0 bridgehead atoms. The molecule has 0 heterocycles. The van der Waals surface area contributed by atoms with Crippen LogP contribution in [0.4, 0.5) is 4.39 Å². The van der Waals surface area contributed by atoms with Crippen molar-refractivity contribution < 1.29 is 19.4 Å². The molecule has 1 aromatic carbocycles. The summed E-state index contributed by atoms with van der Waals surface area (Å²) in [6.07, 6.45) is -0.0333. The van der Waals surface area contributed by atoms with E-state index in [2.05, 4.69) is 0 Å². The van der Waals surface area contributed by atoms with Gasteiger partial charge in [0.25, 0.3) is 0 Å². The van der Waals surface area contributed by atoms with E-state index in [0.717, 1.165) is 0 Å². The second-order valence-corrected chi connectivity index (χ2v) is 3.83. The summed E-state index contributed by atoms with van der Waals surface area (Å²) in [4.78, 5) is 10.7. The van der Waals surface area contributed by atoms with Crippen LogP contribution in [0.1, 0.15) is 18.1 Å². The lowest BCUT2D eigenvalue weighted by Gasteiger charge is -2.18. The minimum atomic E-state index is -1.82. The van der Waals surface area contributed by atoms with Gasteiger partial charge < -0.3 is 10.2 Å². The second kappa shape index (κ2) is 3.98. The van der Waals surface area contributed by atoms with E-state index in [0.29, 0.717) is 11.1 Å². The van der Waals surface area contributed by atoms with Crippen LogP contribution in [0.15, 0.2) is 18.2 Å². The van der Waals surface area contributed by atoms with Gasteiger partial charge in [-0.2, -0.15) is 0 Å². The van der Waals surface area contributed by atoms with Crippen molar-refractivity contribution in [1.29, 1.82) is 0 Å². The molecule has 3 nitrogen and oxygen atoms in total. The van der Waals surface area contributed by atoms with E-state index in [4.69, 9.17) is 5.11 Å². The third kappa shape index (κ3) is 2.76. The first-order valence-electron chi connectivity index (χ1n) is 4.54. The molecule has 15 heavy (non-hydrogen) atoms. The third-order valence-corrected chi connectivity index (χ3v) is 2.30. The maximum absolute atomic E-state index is 12.8. The fourth-order valence-electron chi connectivity index (χ4n) is 1.30. The number of hydrogen-bond acceptors (Lipinski definition) is 2. The van der Waals surface area contributed by atoms with Crippen molar-refractivity contribution >= 4 is 5.97 Å². The number of benzene rings is 1. The highest BCUT2D eigenvalue weighted by Gasteiger charge is 2.30. The molecule has 4 heteroatoms. The van der Waals surface area contributed by atoms with Gasteiger partial charge in [0, 0.05) is 6.42 Å². The Morgan fingerprint density at radius 2 is 2.13 bits per heavy atom. The van der Waals surface area contributed by atoms with Crippen LogP contribution < -0.4 is 0 Å². The van der Waals surface area contributed by atoms with Crippen molar-refractivity contribution in [3.8, 4) is 0 Å². The van der Waals surface area contributed by atoms with Crippen LogP contribution in [0.25, 0.3) is 0 Å². The van der Waals surface area contributed by atoms with Gasteiger partial charge in [-0.1, -0.05) is 6.07 Å². The number of carboxylic acids is 1. The molecule has 0 aliphatic rings. The van der Waals surface area contributed by atoms with Gasteiger partial charge >= 0.3 is 5.97 Å². The van der Waals surface area contributed by atoms with Gasteiger partial charge in [0.1, 0.15) is 5.82 Å². The van der Waals surface area contributed by atoms with Crippen molar-refractivity contribution in [3.05, 3.63) is 35.1 Å². The quantitative estimate of drug-likeness (QED) is 0.798. The largest absolute Gasteiger partial charge is 0.479 e. The Hall–Kier alpha value is -1.42. The molecule has 1 aromatic rings. The maximum Gasteiger partial charge on any atom is 0.335 e. The van der Waals surface area contributed by atoms with Crippen LogP contribution in [-0.4, -0.2) is 21.8 Å². The zero-order valence-electron chi connectivity index (χ0n) is 8.62. The zero-order valence-corrected chi connectivity index (χ0v) is 8.62. The number of rotatable bonds is 3. The first-order chi connectivity index (χ1) is 6.83. The number of aliphatic carboxylic acids is 1. The summed E-state index contributed by atoms with van der Waals surface area (Å²) in [5.41, 5.74) is -0.553. The highest BCUT2D eigenvalue weighted by molar-refractivity contribution is 5.77. The highest BCUT2D eigenvalue weighted by Crippen LogP contribution is 2.17. The van der Waals surface area contributed by atoms with Crippen LogP contribution >= 0.6 is 0 Å². The first-order valence-corrected chi connectivity index (χ1v) is 4.54. The molecule has 1 unspecified atom stereocenters. The number of carbonyl (C=O) groups is 1. The summed E-state index contributed by atoms with van der Waals surface area (Å²) in [7, 11) is 0. The standard InChI is InChI=1S/C11H13FO3/c1-7-5-9(12)4-3-8(7)6-11(2,15)10(13)14/h3-5,15H,6H2,1-2H3,(H,13,14). The van der Waals surface area contributed by atoms with Gasteiger partial charge in [0.2, 0.25) is 0 Å². The summed E-state index contributed by atoms with van der Waals surface area (Å²) in [5.74, 6) is -1.66. The van der Waals surface area contributed by atoms with Crippen molar-refractivity contribution in [1.82, 2.24) is 0 Å². The number of halogens is 1. The highest BCUT2D eigenvalue weighted by atomic mass is 19.1. The summed E-state index contributed by atoms with van der Waals surface area (Å²) >= 11 is 0. The van der Waals surface area contributed by atoms with Gasteiger partial charge in [-0.25, -0.2) is 9.18 Å². The van der Waals surface area contributed by atoms with Crippen LogP contribution in [0.3, 0.4) is 0 Å². The Morgan fingerprint density at radius 3 is 2.60 bits per heavy atom. The minimum Gasteiger partial charge on any atom is -0.479 e. The molecule has 1 atom stereocenters. The van der Waals surface area contributed by atoms with Gasteiger partial charge in [0.05, 0.1) is 0 Å². The smallest absolute Gasteiger partial charge is 0.335 e. The van der Waals surface area contributed by atoms with E-state index in [1.807, 2.05) is 0 Å². The Kier molecular flexibility index (Phi) is 3.09. The van der Waals surface area contributed by atoms with Crippen LogP contribution in [-0.2, 0) is 11.2 Å². The van der Waals surface area contributed by atoms with Gasteiger partial charge in [-0.05, 0) is 37.1 Å². The lowest BCUT2D eigenvalue weighted by molar-refractivity contribution is -0.156. The summed E-state index contributed by atoms with van der Waals surface area (Å²) in [6, 6.07) is 4.05. The molecule has 0 saturated heterocycles. The summed E-state index contributed by atoms with van der Waals surface area (Å²) in [6.45, 7) is 2.90. The molecular weight excluding hydrogens is 199 g/mol. The number of hydrogen-bond donors (Lipinski definition) is 2. The second-order valence-electron chi connectivity index (χ2n) is 3.83. The Balaban J connectivity index is 2.95. The number of aliphatic hydroxyl groups is 1. The predicted molar refractivity (Wildman–Crippen MR) is 53.1 cm³/mol. The molecule has 0 aliphatic carbocycles. The number of aryl methyl sites for hydroxylation is 1. The molecule has 0 aromatic heterocycles. The monoisotopic (exact) mass is 212 g/mol. The molecule has 0 fully saturated rings. The van der Waals surface area contributed by atoms with Crippen molar-refractivity contribution in [3.63, 3.8) is 0 Å². The van der Waals surface area contributed by atoms with Gasteiger partial charge in [0.15, 0.2) is 5.60 Å². The first kappa shape index (κ1) is 11.7. The van der Waals surface area contributed by atoms with E-state index >= 15 is 0 Å². The van der Waals surface area contributed by atoms with Crippen molar-refractivity contribution in [2.24, 2.45) is 0 Å². The SMILES string of the molecule is Cc1cc(F)ccc1CC(C)(O)C(=O)O. The van der Waals surface area contributed by atoms with Crippen LogP contribution in [0, 0.1) is 12.7 Å². The molecule has 1 rings (SSSR count). The lowest BCUT2D eigenvalue weighted by Crippen LogP contribution is -2.37. The van der Waals surface area contributed by atoms with E-state index in [1.165, 1.54) is 25.1 Å².